The van der Waals surface area contributed by atoms with E-state index in [2.05, 4.69) is 5.32 Å². The van der Waals surface area contributed by atoms with Crippen molar-refractivity contribution in [3.63, 3.8) is 0 Å². The highest BCUT2D eigenvalue weighted by Gasteiger charge is 2.26. The first-order valence-corrected chi connectivity index (χ1v) is 6.25. The summed E-state index contributed by atoms with van der Waals surface area (Å²) in [4.78, 5) is 10.1. The summed E-state index contributed by atoms with van der Waals surface area (Å²) in [6, 6.07) is 0. The van der Waals surface area contributed by atoms with Crippen molar-refractivity contribution in [2.24, 2.45) is 0 Å². The average molecular weight is 223 g/mol. The van der Waals surface area contributed by atoms with Crippen LogP contribution in [0.2, 0.25) is 0 Å². The number of amides is 1. The van der Waals surface area contributed by atoms with E-state index in [-0.39, 0.29) is 18.5 Å². The van der Waals surface area contributed by atoms with E-state index in [9.17, 15) is 9.36 Å². The molecule has 14 heavy (non-hydrogen) atoms. The lowest BCUT2D eigenvalue weighted by atomic mass is 10.5. The summed E-state index contributed by atoms with van der Waals surface area (Å²) in [6.45, 7) is 7.04. The molecule has 0 aliphatic carbocycles. The molecule has 0 atom stereocenters. The number of carbonyl (C=O) groups is 1. The van der Waals surface area contributed by atoms with Crippen LogP contribution in [0.1, 0.15) is 27.7 Å². The van der Waals surface area contributed by atoms with Crippen LogP contribution in [-0.2, 0) is 18.4 Å². The van der Waals surface area contributed by atoms with E-state index in [0.29, 0.717) is 6.41 Å². The van der Waals surface area contributed by atoms with E-state index in [1.54, 1.807) is 27.7 Å². The standard InChI is InChI=1S/C8H18NO4P/c1-7(2)12-14(11,6-9-5-10)13-8(3)4/h5,7-8H,6H2,1-4H3,(H,9,10). The first-order valence-electron chi connectivity index (χ1n) is 4.52. The SMILES string of the molecule is CC(C)OP(=O)(CNC=O)OC(C)C. The van der Waals surface area contributed by atoms with Gasteiger partial charge >= 0.3 is 7.60 Å². The second-order valence-corrected chi connectivity index (χ2v) is 5.36. The smallest absolute Gasteiger partial charge is 0.347 e. The second-order valence-electron chi connectivity index (χ2n) is 3.40. The van der Waals surface area contributed by atoms with Gasteiger partial charge in [0.2, 0.25) is 6.41 Å². The molecule has 0 aliphatic heterocycles. The highest BCUT2D eigenvalue weighted by atomic mass is 31.2. The van der Waals surface area contributed by atoms with Crippen LogP contribution in [0.3, 0.4) is 0 Å². The van der Waals surface area contributed by atoms with Gasteiger partial charge in [0.05, 0.1) is 12.2 Å². The van der Waals surface area contributed by atoms with Crippen molar-refractivity contribution in [2.45, 2.75) is 39.9 Å². The fraction of sp³-hybridized carbons (Fsp3) is 0.875. The largest absolute Gasteiger partial charge is 0.350 e. The summed E-state index contributed by atoms with van der Waals surface area (Å²) in [5.74, 6) is 0. The Bertz CT molecular complexity index is 203. The van der Waals surface area contributed by atoms with Gasteiger partial charge in [-0.15, -0.1) is 0 Å². The third kappa shape index (κ3) is 6.13. The molecule has 0 heterocycles. The van der Waals surface area contributed by atoms with E-state index in [1.165, 1.54) is 0 Å². The van der Waals surface area contributed by atoms with E-state index < -0.39 is 7.60 Å². The third-order valence-electron chi connectivity index (χ3n) is 1.11. The Morgan fingerprint density at radius 2 is 1.64 bits per heavy atom. The van der Waals surface area contributed by atoms with Crippen molar-refractivity contribution in [2.75, 3.05) is 6.29 Å². The lowest BCUT2D eigenvalue weighted by molar-refractivity contribution is -0.109. The molecule has 1 N–H and O–H groups in total. The van der Waals surface area contributed by atoms with Gasteiger partial charge in [-0.25, -0.2) is 0 Å². The van der Waals surface area contributed by atoms with Crippen LogP contribution in [0.25, 0.3) is 0 Å². The summed E-state index contributed by atoms with van der Waals surface area (Å²) in [5, 5.41) is 2.31. The number of rotatable bonds is 7. The van der Waals surface area contributed by atoms with Gasteiger partial charge in [0, 0.05) is 0 Å². The normalized spacial score (nSPS) is 12.1. The third-order valence-corrected chi connectivity index (χ3v) is 3.17. The summed E-state index contributed by atoms with van der Waals surface area (Å²) in [6.07, 6.45) is -0.0200. The number of carbonyl (C=O) groups excluding carboxylic acids is 1. The van der Waals surface area contributed by atoms with Crippen molar-refractivity contribution < 1.29 is 18.4 Å². The van der Waals surface area contributed by atoms with Crippen LogP contribution in [0.4, 0.5) is 0 Å². The van der Waals surface area contributed by atoms with Gasteiger partial charge in [-0.3, -0.25) is 9.36 Å². The molecule has 0 spiro atoms. The van der Waals surface area contributed by atoms with Crippen LogP contribution in [-0.4, -0.2) is 24.9 Å². The van der Waals surface area contributed by atoms with Gasteiger partial charge in [0.25, 0.3) is 0 Å². The van der Waals surface area contributed by atoms with Gasteiger partial charge in [-0.05, 0) is 27.7 Å². The van der Waals surface area contributed by atoms with Gasteiger partial charge in [-0.2, -0.15) is 0 Å². The maximum Gasteiger partial charge on any atom is 0.350 e. The lowest BCUT2D eigenvalue weighted by Gasteiger charge is -2.22. The topological polar surface area (TPSA) is 64.6 Å². The number of hydrogen-bond acceptors (Lipinski definition) is 4. The van der Waals surface area contributed by atoms with Gasteiger partial charge < -0.3 is 14.4 Å². The lowest BCUT2D eigenvalue weighted by Crippen LogP contribution is -2.19. The molecule has 84 valence electrons. The molecule has 0 aliphatic rings. The Labute approximate surface area is 84.7 Å². The minimum absolute atomic E-state index is 0.0904. The molecule has 0 rings (SSSR count). The van der Waals surface area contributed by atoms with E-state index >= 15 is 0 Å². The molecular formula is C8H18NO4P. The Kier molecular flexibility index (Phi) is 6.00. The molecule has 0 aromatic rings. The maximum atomic E-state index is 11.9. The molecule has 5 nitrogen and oxygen atoms in total. The highest BCUT2D eigenvalue weighted by Crippen LogP contribution is 2.49. The van der Waals surface area contributed by atoms with Crippen LogP contribution in [0, 0.1) is 0 Å². The minimum Gasteiger partial charge on any atom is -0.347 e. The molecule has 6 heteroatoms. The number of hydrogen-bond donors (Lipinski definition) is 1. The average Bonchev–Trinajstić information content (AvgIpc) is 1.97. The molecular weight excluding hydrogens is 205 g/mol. The van der Waals surface area contributed by atoms with Crippen molar-refractivity contribution in [3.05, 3.63) is 0 Å². The molecule has 0 radical (unpaired) electrons. The Balaban J connectivity index is 4.32. The number of nitrogens with one attached hydrogen (secondary N) is 1. The maximum absolute atomic E-state index is 11.9. The quantitative estimate of drug-likeness (QED) is 0.527. The Morgan fingerprint density at radius 1 is 1.21 bits per heavy atom. The molecule has 0 saturated carbocycles. The van der Waals surface area contributed by atoms with Crippen LogP contribution >= 0.6 is 7.60 Å². The second kappa shape index (κ2) is 6.17. The van der Waals surface area contributed by atoms with E-state index in [1.807, 2.05) is 0 Å². The zero-order valence-corrected chi connectivity index (χ0v) is 9.91. The van der Waals surface area contributed by atoms with E-state index in [0.717, 1.165) is 0 Å². The van der Waals surface area contributed by atoms with Crippen molar-refractivity contribution in [1.82, 2.24) is 5.32 Å². The molecule has 0 aromatic carbocycles. The zero-order chi connectivity index (χ0) is 11.2. The minimum atomic E-state index is -3.19. The first kappa shape index (κ1) is 13.6. The Hall–Kier alpha value is -0.380. The van der Waals surface area contributed by atoms with Crippen molar-refractivity contribution in [3.8, 4) is 0 Å². The van der Waals surface area contributed by atoms with Crippen molar-refractivity contribution >= 4 is 14.0 Å². The monoisotopic (exact) mass is 223 g/mol. The molecule has 0 bridgehead atoms. The van der Waals surface area contributed by atoms with Crippen LogP contribution in [0.5, 0.6) is 0 Å². The van der Waals surface area contributed by atoms with Crippen molar-refractivity contribution in [1.29, 1.82) is 0 Å². The van der Waals surface area contributed by atoms with Gasteiger partial charge in [0.15, 0.2) is 0 Å². The zero-order valence-electron chi connectivity index (χ0n) is 9.02. The first-order chi connectivity index (χ1) is 6.39. The predicted octanol–water partition coefficient (Wildman–Crippen LogP) is 1.73. The van der Waals surface area contributed by atoms with Crippen LogP contribution in [0.15, 0.2) is 0 Å². The highest BCUT2D eigenvalue weighted by molar-refractivity contribution is 7.53. The predicted molar refractivity (Wildman–Crippen MR) is 54.1 cm³/mol. The fourth-order valence-corrected chi connectivity index (χ4v) is 2.67. The van der Waals surface area contributed by atoms with Gasteiger partial charge in [-0.1, -0.05) is 0 Å². The molecule has 1 amide bonds. The summed E-state index contributed by atoms with van der Waals surface area (Å²) < 4.78 is 22.3. The summed E-state index contributed by atoms with van der Waals surface area (Å²) in [7, 11) is -3.19. The molecule has 0 saturated heterocycles. The van der Waals surface area contributed by atoms with E-state index in [4.69, 9.17) is 9.05 Å². The molecule has 0 unspecified atom stereocenters. The summed E-state index contributed by atoms with van der Waals surface area (Å²) in [5.41, 5.74) is 0. The molecule has 0 aromatic heterocycles. The summed E-state index contributed by atoms with van der Waals surface area (Å²) >= 11 is 0. The van der Waals surface area contributed by atoms with Gasteiger partial charge in [0.1, 0.15) is 6.29 Å². The molecule has 0 fully saturated rings. The Morgan fingerprint density at radius 3 is 1.93 bits per heavy atom. The fourth-order valence-electron chi connectivity index (χ4n) is 0.891. The van der Waals surface area contributed by atoms with Crippen LogP contribution < -0.4 is 5.32 Å².